The third-order valence-electron chi connectivity index (χ3n) is 2.69. The Kier molecular flexibility index (Phi) is 2.64. The van der Waals surface area contributed by atoms with Crippen molar-refractivity contribution in [1.29, 1.82) is 0 Å². The molecule has 1 aromatic heterocycles. The first-order valence-corrected chi connectivity index (χ1v) is 6.28. The Balaban J connectivity index is 1.93. The molecule has 2 aromatic rings. The first-order chi connectivity index (χ1) is 8.74. The molecule has 0 aliphatic carbocycles. The Morgan fingerprint density at radius 3 is 3.06 bits per heavy atom. The molecule has 0 fully saturated rings. The number of nitrogens with two attached hydrogens (primary N) is 1. The first-order valence-electron chi connectivity index (χ1n) is 5.46. The highest BCUT2D eigenvalue weighted by Crippen LogP contribution is 2.33. The lowest BCUT2D eigenvalue weighted by Crippen LogP contribution is -2.38. The Morgan fingerprint density at radius 1 is 1.44 bits per heavy atom. The van der Waals surface area contributed by atoms with E-state index in [1.165, 1.54) is 11.3 Å². The summed E-state index contributed by atoms with van der Waals surface area (Å²) < 4.78 is 5.38. The summed E-state index contributed by atoms with van der Waals surface area (Å²) in [5.41, 5.74) is 6.38. The number of rotatable bonds is 2. The topological polar surface area (TPSA) is 68.5 Å². The van der Waals surface area contributed by atoms with Crippen molar-refractivity contribution in [3.8, 4) is 5.75 Å². The maximum Gasteiger partial charge on any atom is 0.265 e. The number of anilines is 2. The van der Waals surface area contributed by atoms with Crippen LogP contribution in [0.1, 0.15) is 4.88 Å². The molecular weight excluding hydrogens is 250 g/mol. The van der Waals surface area contributed by atoms with E-state index in [-0.39, 0.29) is 12.5 Å². The minimum absolute atomic E-state index is 0.0549. The molecule has 0 spiro atoms. The fraction of sp³-hybridized carbons (Fsp3) is 0.167. The summed E-state index contributed by atoms with van der Waals surface area (Å²) >= 11 is 1.39. The van der Waals surface area contributed by atoms with E-state index in [1.807, 2.05) is 24.3 Å². The van der Waals surface area contributed by atoms with Crippen molar-refractivity contribution >= 4 is 28.1 Å². The van der Waals surface area contributed by atoms with Crippen molar-refractivity contribution in [2.45, 2.75) is 6.54 Å². The Labute approximate surface area is 108 Å². The molecule has 1 aliphatic rings. The molecule has 1 aromatic carbocycles. The number of aromatic nitrogens is 1. The number of para-hydroxylation sites is 2. The summed E-state index contributed by atoms with van der Waals surface area (Å²) in [5.74, 6) is 0.676. The van der Waals surface area contributed by atoms with E-state index in [9.17, 15) is 4.79 Å². The van der Waals surface area contributed by atoms with Crippen molar-refractivity contribution in [3.63, 3.8) is 0 Å². The lowest BCUT2D eigenvalue weighted by atomic mass is 10.2. The van der Waals surface area contributed by atoms with Gasteiger partial charge >= 0.3 is 0 Å². The molecule has 0 radical (unpaired) electrons. The average Bonchev–Trinajstić information content (AvgIpc) is 2.79. The van der Waals surface area contributed by atoms with Crippen LogP contribution >= 0.6 is 11.3 Å². The van der Waals surface area contributed by atoms with Crippen LogP contribution in [0, 0.1) is 0 Å². The number of hydrogen-bond acceptors (Lipinski definition) is 5. The van der Waals surface area contributed by atoms with Crippen LogP contribution in [0.2, 0.25) is 0 Å². The second kappa shape index (κ2) is 4.30. The maximum absolute atomic E-state index is 11.9. The van der Waals surface area contributed by atoms with Crippen LogP contribution in [0.15, 0.2) is 30.5 Å². The summed E-state index contributed by atoms with van der Waals surface area (Å²) in [4.78, 5) is 18.6. The van der Waals surface area contributed by atoms with Crippen LogP contribution < -0.4 is 15.4 Å². The molecule has 0 saturated carbocycles. The lowest BCUT2D eigenvalue weighted by Gasteiger charge is -2.28. The molecule has 5 nitrogen and oxygen atoms in total. The second-order valence-electron chi connectivity index (χ2n) is 3.90. The number of amides is 1. The Morgan fingerprint density at radius 2 is 2.28 bits per heavy atom. The fourth-order valence-electron chi connectivity index (χ4n) is 1.88. The van der Waals surface area contributed by atoms with Crippen molar-refractivity contribution < 1.29 is 9.53 Å². The number of nitrogen functional groups attached to an aromatic ring is 1. The van der Waals surface area contributed by atoms with E-state index in [1.54, 1.807) is 11.1 Å². The maximum atomic E-state index is 11.9. The predicted octanol–water partition coefficient (Wildman–Crippen LogP) is 1.65. The van der Waals surface area contributed by atoms with Crippen LogP contribution in [0.3, 0.4) is 0 Å². The van der Waals surface area contributed by atoms with Crippen LogP contribution in [-0.4, -0.2) is 17.5 Å². The summed E-state index contributed by atoms with van der Waals surface area (Å²) in [7, 11) is 0. The molecule has 2 N–H and O–H groups in total. The van der Waals surface area contributed by atoms with E-state index >= 15 is 0 Å². The van der Waals surface area contributed by atoms with Crippen molar-refractivity contribution in [2.24, 2.45) is 0 Å². The van der Waals surface area contributed by atoms with Gasteiger partial charge in [-0.2, -0.15) is 0 Å². The minimum atomic E-state index is -0.0549. The Hall–Kier alpha value is -2.08. The van der Waals surface area contributed by atoms with Gasteiger partial charge in [-0.15, -0.1) is 11.3 Å². The van der Waals surface area contributed by atoms with E-state index in [0.29, 0.717) is 11.7 Å². The minimum Gasteiger partial charge on any atom is -0.482 e. The lowest BCUT2D eigenvalue weighted by molar-refractivity contribution is -0.121. The summed E-state index contributed by atoms with van der Waals surface area (Å²) in [6, 6.07) is 7.50. The van der Waals surface area contributed by atoms with E-state index in [2.05, 4.69) is 4.98 Å². The second-order valence-corrected chi connectivity index (χ2v) is 5.05. The number of benzene rings is 1. The predicted molar refractivity (Wildman–Crippen MR) is 69.7 cm³/mol. The van der Waals surface area contributed by atoms with Gasteiger partial charge in [-0.05, 0) is 12.1 Å². The van der Waals surface area contributed by atoms with Crippen LogP contribution in [0.25, 0.3) is 0 Å². The monoisotopic (exact) mass is 261 g/mol. The zero-order valence-electron chi connectivity index (χ0n) is 9.50. The number of carbonyl (C=O) groups is 1. The largest absolute Gasteiger partial charge is 0.482 e. The smallest absolute Gasteiger partial charge is 0.265 e. The molecule has 1 aliphatic heterocycles. The SMILES string of the molecule is Nc1ncc(CN2C(=O)COc3ccccc32)s1. The van der Waals surface area contributed by atoms with Gasteiger partial charge in [0.1, 0.15) is 5.75 Å². The first kappa shape index (κ1) is 11.0. The zero-order chi connectivity index (χ0) is 12.5. The van der Waals surface area contributed by atoms with Crippen molar-refractivity contribution in [2.75, 3.05) is 17.2 Å². The van der Waals surface area contributed by atoms with Gasteiger partial charge in [0, 0.05) is 11.1 Å². The summed E-state index contributed by atoms with van der Waals surface area (Å²) in [5, 5.41) is 0.513. The molecule has 92 valence electrons. The number of hydrogen-bond donors (Lipinski definition) is 1. The molecule has 2 heterocycles. The van der Waals surface area contributed by atoms with Gasteiger partial charge in [0.15, 0.2) is 11.7 Å². The molecule has 1 amide bonds. The standard InChI is InChI=1S/C12H11N3O2S/c13-12-14-5-8(18-12)6-15-9-3-1-2-4-10(9)17-7-11(15)16/h1-5H,6-7H2,(H2,13,14). The highest BCUT2D eigenvalue weighted by atomic mass is 32.1. The normalized spacial score (nSPS) is 14.2. The van der Waals surface area contributed by atoms with Gasteiger partial charge < -0.3 is 15.4 Å². The molecular formula is C12H11N3O2S. The third-order valence-corrected chi connectivity index (χ3v) is 3.50. The van der Waals surface area contributed by atoms with Gasteiger partial charge in [-0.1, -0.05) is 12.1 Å². The molecule has 0 unspecified atom stereocenters. The highest BCUT2D eigenvalue weighted by molar-refractivity contribution is 7.15. The van der Waals surface area contributed by atoms with Crippen molar-refractivity contribution in [3.05, 3.63) is 35.3 Å². The molecule has 18 heavy (non-hydrogen) atoms. The molecule has 0 atom stereocenters. The third kappa shape index (κ3) is 1.91. The average molecular weight is 261 g/mol. The van der Waals surface area contributed by atoms with Gasteiger partial charge in [0.25, 0.3) is 5.91 Å². The van der Waals surface area contributed by atoms with Gasteiger partial charge in [-0.25, -0.2) is 4.98 Å². The molecule has 6 heteroatoms. The number of ether oxygens (including phenoxy) is 1. The summed E-state index contributed by atoms with van der Waals surface area (Å²) in [6.45, 7) is 0.555. The van der Waals surface area contributed by atoms with Gasteiger partial charge in [-0.3, -0.25) is 4.79 Å². The molecule has 3 rings (SSSR count). The van der Waals surface area contributed by atoms with E-state index in [4.69, 9.17) is 10.5 Å². The molecule has 0 saturated heterocycles. The number of thiazole rings is 1. The molecule has 0 bridgehead atoms. The van der Waals surface area contributed by atoms with Gasteiger partial charge in [0.2, 0.25) is 0 Å². The summed E-state index contributed by atoms with van der Waals surface area (Å²) in [6.07, 6.45) is 1.70. The van der Waals surface area contributed by atoms with Crippen LogP contribution in [-0.2, 0) is 11.3 Å². The van der Waals surface area contributed by atoms with Crippen LogP contribution in [0.4, 0.5) is 10.8 Å². The number of fused-ring (bicyclic) bond motifs is 1. The van der Waals surface area contributed by atoms with Crippen molar-refractivity contribution in [1.82, 2.24) is 4.98 Å². The number of carbonyl (C=O) groups excluding carboxylic acids is 1. The zero-order valence-corrected chi connectivity index (χ0v) is 10.3. The van der Waals surface area contributed by atoms with Gasteiger partial charge in [0.05, 0.1) is 12.2 Å². The fourth-order valence-corrected chi connectivity index (χ4v) is 2.55. The number of nitrogens with zero attached hydrogens (tertiary/aromatic N) is 2. The van der Waals surface area contributed by atoms with E-state index in [0.717, 1.165) is 16.3 Å². The Bertz CT molecular complexity index is 597. The van der Waals surface area contributed by atoms with E-state index < -0.39 is 0 Å². The highest BCUT2D eigenvalue weighted by Gasteiger charge is 2.25. The van der Waals surface area contributed by atoms with Crippen LogP contribution in [0.5, 0.6) is 5.75 Å². The quantitative estimate of drug-likeness (QED) is 0.892.